The molecule has 1 aliphatic rings. The molecule has 0 saturated carbocycles. The van der Waals surface area contributed by atoms with Gasteiger partial charge in [0.15, 0.2) is 11.2 Å². The summed E-state index contributed by atoms with van der Waals surface area (Å²) in [4.78, 5) is 22.2. The first kappa shape index (κ1) is 12.7. The zero-order valence-electron chi connectivity index (χ0n) is 10.1. The topological polar surface area (TPSA) is 153 Å². The van der Waals surface area contributed by atoms with Crippen LogP contribution in [0.25, 0.3) is 11.2 Å². The number of aromatic amines is 1. The molecule has 11 heteroatoms. The van der Waals surface area contributed by atoms with E-state index in [0.29, 0.717) is 0 Å². The van der Waals surface area contributed by atoms with Gasteiger partial charge in [0.05, 0.1) is 13.2 Å². The molecule has 0 bridgehead atoms. The molecule has 11 nitrogen and oxygen atoms in total. The molecule has 1 unspecified atom stereocenters. The van der Waals surface area contributed by atoms with Gasteiger partial charge < -0.3 is 20.4 Å². The van der Waals surface area contributed by atoms with Gasteiger partial charge in [0.1, 0.15) is 12.4 Å². The van der Waals surface area contributed by atoms with Crippen molar-refractivity contribution in [3.63, 3.8) is 0 Å². The molecule has 106 valence electrons. The van der Waals surface area contributed by atoms with E-state index in [1.165, 1.54) is 10.9 Å². The number of rotatable bonds is 3. The highest BCUT2D eigenvalue weighted by Gasteiger charge is 2.28. The highest BCUT2D eigenvalue weighted by atomic mass is 16.7. The van der Waals surface area contributed by atoms with Crippen LogP contribution in [-0.4, -0.2) is 43.9 Å². The zero-order valence-corrected chi connectivity index (χ0v) is 10.1. The van der Waals surface area contributed by atoms with Crippen molar-refractivity contribution < 1.29 is 14.6 Å². The van der Waals surface area contributed by atoms with Crippen molar-refractivity contribution in [3.8, 4) is 0 Å². The number of H-pyrrole nitrogens is 1. The van der Waals surface area contributed by atoms with Gasteiger partial charge in [-0.3, -0.25) is 14.3 Å². The lowest BCUT2D eigenvalue weighted by Crippen LogP contribution is -2.16. The van der Waals surface area contributed by atoms with Crippen LogP contribution < -0.4 is 11.4 Å². The van der Waals surface area contributed by atoms with E-state index in [1.54, 1.807) is 0 Å². The minimum atomic E-state index is -0.811. The summed E-state index contributed by atoms with van der Waals surface area (Å²) in [5.74, 6) is 4.87. The molecule has 2 atom stereocenters. The minimum absolute atomic E-state index is 0.0524. The Morgan fingerprint density at radius 1 is 1.65 bits per heavy atom. The van der Waals surface area contributed by atoms with Crippen molar-refractivity contribution in [1.29, 1.82) is 0 Å². The number of nitrogens with zero attached hydrogens (tertiary/aromatic N) is 5. The molecule has 0 spiro atoms. The van der Waals surface area contributed by atoms with Crippen LogP contribution >= 0.6 is 0 Å². The first-order valence-electron chi connectivity index (χ1n) is 5.68. The second-order valence-electron chi connectivity index (χ2n) is 4.01. The molecule has 0 radical (unpaired) electrons. The van der Waals surface area contributed by atoms with E-state index in [-0.39, 0.29) is 30.3 Å². The summed E-state index contributed by atoms with van der Waals surface area (Å²) in [5, 5.41) is 15.5. The quantitative estimate of drug-likeness (QED) is 0.368. The summed E-state index contributed by atoms with van der Waals surface area (Å²) in [6.07, 6.45) is 0.123. The fourth-order valence-corrected chi connectivity index (χ4v) is 1.85. The maximum absolute atomic E-state index is 11.8. The summed E-state index contributed by atoms with van der Waals surface area (Å²) >= 11 is 0. The number of aliphatic hydroxyl groups is 1. The molecule has 1 fully saturated rings. The van der Waals surface area contributed by atoms with Gasteiger partial charge >= 0.3 is 0 Å². The molecule has 0 amide bonds. The SMILES string of the molecule is NN=Nc1nc2c(ncn2[C@H]2OCC(CO)O2)c(=O)[nH]1. The van der Waals surface area contributed by atoms with Crippen LogP contribution in [0.15, 0.2) is 21.5 Å². The Morgan fingerprint density at radius 3 is 3.20 bits per heavy atom. The molecule has 20 heavy (non-hydrogen) atoms. The smallest absolute Gasteiger partial charge is 0.280 e. The number of aromatic nitrogens is 4. The number of ether oxygens (including phenoxy) is 2. The van der Waals surface area contributed by atoms with Crippen LogP contribution in [0.2, 0.25) is 0 Å². The monoisotopic (exact) mass is 281 g/mol. The van der Waals surface area contributed by atoms with Gasteiger partial charge in [-0.15, -0.1) is 0 Å². The fourth-order valence-electron chi connectivity index (χ4n) is 1.85. The van der Waals surface area contributed by atoms with Crippen LogP contribution in [0.3, 0.4) is 0 Å². The van der Waals surface area contributed by atoms with Crippen LogP contribution in [-0.2, 0) is 9.47 Å². The van der Waals surface area contributed by atoms with Crippen molar-refractivity contribution in [2.45, 2.75) is 12.5 Å². The number of nitrogens with two attached hydrogens (primary N) is 1. The third-order valence-corrected chi connectivity index (χ3v) is 2.74. The average Bonchev–Trinajstić information content (AvgIpc) is 3.04. The van der Waals surface area contributed by atoms with Gasteiger partial charge in [-0.05, 0) is 0 Å². The van der Waals surface area contributed by atoms with Crippen LogP contribution in [0.4, 0.5) is 5.95 Å². The third-order valence-electron chi connectivity index (χ3n) is 2.74. The molecule has 0 aromatic carbocycles. The molecular weight excluding hydrogens is 270 g/mol. The predicted octanol–water partition coefficient (Wildman–Crippen LogP) is -1.06. The molecule has 2 aromatic heterocycles. The molecule has 2 aromatic rings. The van der Waals surface area contributed by atoms with Gasteiger partial charge in [0.2, 0.25) is 6.41 Å². The second kappa shape index (κ2) is 4.96. The van der Waals surface area contributed by atoms with Crippen molar-refractivity contribution >= 4 is 17.1 Å². The van der Waals surface area contributed by atoms with Gasteiger partial charge in [-0.2, -0.15) is 4.98 Å². The number of hydrogen-bond donors (Lipinski definition) is 3. The molecule has 0 aliphatic carbocycles. The van der Waals surface area contributed by atoms with Crippen LogP contribution in [0, 0.1) is 0 Å². The summed E-state index contributed by atoms with van der Waals surface area (Å²) in [6.45, 7) is 0.0726. The fraction of sp³-hybridized carbons (Fsp3) is 0.444. The Hall–Kier alpha value is -2.37. The number of nitrogens with one attached hydrogen (secondary N) is 1. The van der Waals surface area contributed by atoms with Crippen molar-refractivity contribution in [1.82, 2.24) is 19.5 Å². The maximum Gasteiger partial charge on any atom is 0.280 e. The first-order valence-corrected chi connectivity index (χ1v) is 5.68. The van der Waals surface area contributed by atoms with Crippen molar-refractivity contribution in [2.24, 2.45) is 16.2 Å². The highest BCUT2D eigenvalue weighted by molar-refractivity contribution is 5.70. The van der Waals surface area contributed by atoms with Gasteiger partial charge in [-0.1, -0.05) is 10.3 Å². The summed E-state index contributed by atoms with van der Waals surface area (Å²) in [5.41, 5.74) is -0.145. The molecular formula is C9H11N7O4. The van der Waals surface area contributed by atoms with Gasteiger partial charge in [-0.25, -0.2) is 4.98 Å². The minimum Gasteiger partial charge on any atom is -0.394 e. The first-order chi connectivity index (χ1) is 9.72. The Morgan fingerprint density at radius 2 is 2.50 bits per heavy atom. The lowest BCUT2D eigenvalue weighted by atomic mass is 10.4. The van der Waals surface area contributed by atoms with E-state index in [9.17, 15) is 4.79 Å². The normalized spacial score (nSPS) is 23.1. The molecule has 1 saturated heterocycles. The molecule has 1 aliphatic heterocycles. The lowest BCUT2D eigenvalue weighted by Gasteiger charge is -2.11. The molecule has 4 N–H and O–H groups in total. The Labute approximate surface area is 111 Å². The van der Waals surface area contributed by atoms with E-state index in [4.69, 9.17) is 20.4 Å². The van der Waals surface area contributed by atoms with Gasteiger partial charge in [0, 0.05) is 0 Å². The summed E-state index contributed by atoms with van der Waals surface area (Å²) in [6, 6.07) is 0. The average molecular weight is 281 g/mol. The number of hydrogen-bond acceptors (Lipinski definition) is 8. The standard InChI is InChI=1S/C9H11N7O4/c10-15-14-8-12-6-5(7(18)13-8)11-3-16(6)9-19-2-4(1-17)20-9/h3-4,9,17H,1-2H2,(H3,10,12,13,14,18)/t4?,9-/m0/s1. The largest absolute Gasteiger partial charge is 0.394 e. The van der Waals surface area contributed by atoms with E-state index < -0.39 is 18.1 Å². The van der Waals surface area contributed by atoms with E-state index in [2.05, 4.69) is 25.3 Å². The van der Waals surface area contributed by atoms with Crippen molar-refractivity contribution in [3.05, 3.63) is 16.7 Å². The summed E-state index contributed by atoms with van der Waals surface area (Å²) in [7, 11) is 0. The molecule has 3 heterocycles. The van der Waals surface area contributed by atoms with Crippen LogP contribution in [0.5, 0.6) is 0 Å². The number of fused-ring (bicyclic) bond motifs is 1. The maximum atomic E-state index is 11.8. The van der Waals surface area contributed by atoms with Crippen molar-refractivity contribution in [2.75, 3.05) is 13.2 Å². The van der Waals surface area contributed by atoms with E-state index in [1.807, 2.05) is 0 Å². The highest BCUT2D eigenvalue weighted by Crippen LogP contribution is 2.24. The summed E-state index contributed by atoms with van der Waals surface area (Å²) < 4.78 is 12.2. The Kier molecular flexibility index (Phi) is 3.14. The second-order valence-corrected chi connectivity index (χ2v) is 4.01. The predicted molar refractivity (Wildman–Crippen MR) is 63.8 cm³/mol. The zero-order chi connectivity index (χ0) is 14.1. The molecule has 3 rings (SSSR count). The lowest BCUT2D eigenvalue weighted by molar-refractivity contribution is -0.117. The third kappa shape index (κ3) is 2.03. The Bertz CT molecular complexity index is 708. The van der Waals surface area contributed by atoms with E-state index in [0.717, 1.165) is 0 Å². The number of imidazole rings is 1. The Balaban J connectivity index is 2.06. The van der Waals surface area contributed by atoms with E-state index >= 15 is 0 Å². The van der Waals surface area contributed by atoms with Gasteiger partial charge in [0.25, 0.3) is 11.5 Å². The number of aliphatic hydroxyl groups excluding tert-OH is 1. The van der Waals surface area contributed by atoms with Crippen LogP contribution in [0.1, 0.15) is 6.41 Å².